The summed E-state index contributed by atoms with van der Waals surface area (Å²) in [5.41, 5.74) is 4.93. The zero-order valence-electron chi connectivity index (χ0n) is 10.2. The van der Waals surface area contributed by atoms with E-state index in [0.717, 1.165) is 18.7 Å². The van der Waals surface area contributed by atoms with Gasteiger partial charge in [-0.15, -0.1) is 0 Å². The third-order valence-electron chi connectivity index (χ3n) is 2.35. The van der Waals surface area contributed by atoms with Gasteiger partial charge in [0.15, 0.2) is 0 Å². The van der Waals surface area contributed by atoms with Gasteiger partial charge in [-0.2, -0.15) is 0 Å². The standard InChI is InChI=1S/C12H20N4/c1-4-9-14-12(15-13)16(3)11-7-5-10(2)6-8-11/h5-8H,4,9,13H2,1-3H3,(H,14,15). The SMILES string of the molecule is CCCN=C(NN)N(C)c1ccc(C)cc1. The molecular formula is C12H20N4. The average molecular weight is 220 g/mol. The molecule has 0 aliphatic rings. The fourth-order valence-electron chi connectivity index (χ4n) is 1.36. The van der Waals surface area contributed by atoms with Crippen molar-refractivity contribution in [2.75, 3.05) is 18.5 Å². The number of nitrogens with two attached hydrogens (primary N) is 1. The van der Waals surface area contributed by atoms with Crippen molar-refractivity contribution in [1.82, 2.24) is 5.43 Å². The highest BCUT2D eigenvalue weighted by molar-refractivity contribution is 5.95. The molecular weight excluding hydrogens is 200 g/mol. The van der Waals surface area contributed by atoms with Crippen LogP contribution in [0.1, 0.15) is 18.9 Å². The largest absolute Gasteiger partial charge is 0.315 e. The molecule has 0 unspecified atom stereocenters. The number of aryl methyl sites for hydroxylation is 1. The van der Waals surface area contributed by atoms with Gasteiger partial charge < -0.3 is 4.90 Å². The van der Waals surface area contributed by atoms with Gasteiger partial charge in [0.25, 0.3) is 0 Å². The molecule has 0 heterocycles. The maximum absolute atomic E-state index is 5.46. The minimum atomic E-state index is 0.686. The van der Waals surface area contributed by atoms with E-state index in [1.807, 2.05) is 24.1 Å². The molecule has 0 aromatic heterocycles. The molecule has 0 amide bonds. The van der Waals surface area contributed by atoms with Gasteiger partial charge in [-0.3, -0.25) is 10.4 Å². The molecule has 3 N–H and O–H groups in total. The second kappa shape index (κ2) is 6.12. The summed E-state index contributed by atoms with van der Waals surface area (Å²) in [5, 5.41) is 0. The van der Waals surface area contributed by atoms with Crippen LogP contribution in [-0.4, -0.2) is 19.6 Å². The van der Waals surface area contributed by atoms with Crippen LogP contribution in [0.5, 0.6) is 0 Å². The Kier molecular flexibility index (Phi) is 4.79. The highest BCUT2D eigenvalue weighted by Crippen LogP contribution is 2.13. The first-order chi connectivity index (χ1) is 7.69. The van der Waals surface area contributed by atoms with Gasteiger partial charge in [0.1, 0.15) is 0 Å². The first-order valence-electron chi connectivity index (χ1n) is 5.50. The molecule has 0 saturated carbocycles. The van der Waals surface area contributed by atoms with Crippen LogP contribution in [0.15, 0.2) is 29.3 Å². The summed E-state index contributed by atoms with van der Waals surface area (Å²) < 4.78 is 0. The van der Waals surface area contributed by atoms with E-state index in [1.165, 1.54) is 5.56 Å². The van der Waals surface area contributed by atoms with Crippen LogP contribution in [0.25, 0.3) is 0 Å². The van der Waals surface area contributed by atoms with E-state index in [9.17, 15) is 0 Å². The second-order valence-electron chi connectivity index (χ2n) is 3.74. The number of anilines is 1. The molecule has 88 valence electrons. The zero-order chi connectivity index (χ0) is 12.0. The van der Waals surface area contributed by atoms with Crippen molar-refractivity contribution in [2.24, 2.45) is 10.8 Å². The van der Waals surface area contributed by atoms with E-state index < -0.39 is 0 Å². The van der Waals surface area contributed by atoms with Gasteiger partial charge in [0, 0.05) is 19.3 Å². The van der Waals surface area contributed by atoms with Crippen LogP contribution in [0, 0.1) is 6.92 Å². The summed E-state index contributed by atoms with van der Waals surface area (Å²) >= 11 is 0. The first kappa shape index (κ1) is 12.5. The predicted molar refractivity (Wildman–Crippen MR) is 69.5 cm³/mol. The van der Waals surface area contributed by atoms with Crippen LogP contribution >= 0.6 is 0 Å². The third kappa shape index (κ3) is 3.24. The lowest BCUT2D eigenvalue weighted by Crippen LogP contribution is -2.43. The molecule has 0 saturated heterocycles. The summed E-state index contributed by atoms with van der Waals surface area (Å²) in [6.45, 7) is 4.93. The van der Waals surface area contributed by atoms with Crippen molar-refractivity contribution in [3.05, 3.63) is 29.8 Å². The minimum absolute atomic E-state index is 0.686. The lowest BCUT2D eigenvalue weighted by molar-refractivity contribution is 0.889. The summed E-state index contributed by atoms with van der Waals surface area (Å²) in [6.07, 6.45) is 1.01. The fourth-order valence-corrected chi connectivity index (χ4v) is 1.36. The van der Waals surface area contributed by atoms with Crippen LogP contribution in [0.3, 0.4) is 0 Å². The molecule has 0 bridgehead atoms. The van der Waals surface area contributed by atoms with Gasteiger partial charge in [0.05, 0.1) is 0 Å². The molecule has 0 fully saturated rings. The Hall–Kier alpha value is -1.55. The van der Waals surface area contributed by atoms with Gasteiger partial charge in [-0.1, -0.05) is 24.6 Å². The molecule has 0 spiro atoms. The van der Waals surface area contributed by atoms with E-state index in [4.69, 9.17) is 5.84 Å². The number of nitrogens with one attached hydrogen (secondary N) is 1. The lowest BCUT2D eigenvalue weighted by Gasteiger charge is -2.20. The maximum atomic E-state index is 5.46. The van der Waals surface area contributed by atoms with Crippen molar-refractivity contribution >= 4 is 11.6 Å². The Morgan fingerprint density at radius 2 is 2.00 bits per heavy atom. The molecule has 0 atom stereocenters. The van der Waals surface area contributed by atoms with Gasteiger partial charge in [-0.05, 0) is 25.5 Å². The highest BCUT2D eigenvalue weighted by atomic mass is 15.4. The Balaban J connectivity index is 2.82. The molecule has 4 nitrogen and oxygen atoms in total. The quantitative estimate of drug-likeness (QED) is 0.352. The third-order valence-corrected chi connectivity index (χ3v) is 2.35. The molecule has 0 aliphatic carbocycles. The number of nitrogens with zero attached hydrogens (tertiary/aromatic N) is 2. The minimum Gasteiger partial charge on any atom is -0.315 e. The Morgan fingerprint density at radius 1 is 1.38 bits per heavy atom. The van der Waals surface area contributed by atoms with Crippen molar-refractivity contribution < 1.29 is 0 Å². The van der Waals surface area contributed by atoms with Gasteiger partial charge in [0.2, 0.25) is 5.96 Å². The Morgan fingerprint density at radius 3 is 2.50 bits per heavy atom. The number of aliphatic imine (C=N–C) groups is 1. The fraction of sp³-hybridized carbons (Fsp3) is 0.417. The number of hydrogen-bond acceptors (Lipinski definition) is 2. The normalized spacial score (nSPS) is 11.4. The van der Waals surface area contributed by atoms with Crippen molar-refractivity contribution in [3.63, 3.8) is 0 Å². The molecule has 0 aliphatic heterocycles. The van der Waals surface area contributed by atoms with Crippen LogP contribution in [0.4, 0.5) is 5.69 Å². The number of benzene rings is 1. The number of hydrazine groups is 1. The molecule has 1 aromatic carbocycles. The monoisotopic (exact) mass is 220 g/mol. The molecule has 1 aromatic rings. The van der Waals surface area contributed by atoms with Gasteiger partial charge in [-0.25, -0.2) is 5.84 Å². The second-order valence-corrected chi connectivity index (χ2v) is 3.74. The van der Waals surface area contributed by atoms with Crippen LogP contribution in [0.2, 0.25) is 0 Å². The topological polar surface area (TPSA) is 53.6 Å². The summed E-state index contributed by atoms with van der Waals surface area (Å²) in [5.74, 6) is 6.15. The average Bonchev–Trinajstić information content (AvgIpc) is 2.30. The van der Waals surface area contributed by atoms with Crippen molar-refractivity contribution in [2.45, 2.75) is 20.3 Å². The van der Waals surface area contributed by atoms with E-state index >= 15 is 0 Å². The Labute approximate surface area is 97.1 Å². The summed E-state index contributed by atoms with van der Waals surface area (Å²) in [7, 11) is 1.94. The summed E-state index contributed by atoms with van der Waals surface area (Å²) in [4.78, 5) is 6.31. The van der Waals surface area contributed by atoms with Crippen LogP contribution < -0.4 is 16.2 Å². The predicted octanol–water partition coefficient (Wildman–Crippen LogP) is 1.66. The van der Waals surface area contributed by atoms with Gasteiger partial charge >= 0.3 is 0 Å². The zero-order valence-corrected chi connectivity index (χ0v) is 10.2. The maximum Gasteiger partial charge on any atom is 0.212 e. The number of rotatable bonds is 3. The molecule has 1 rings (SSSR count). The van der Waals surface area contributed by atoms with Crippen molar-refractivity contribution in [1.29, 1.82) is 0 Å². The highest BCUT2D eigenvalue weighted by Gasteiger charge is 2.06. The smallest absolute Gasteiger partial charge is 0.212 e. The van der Waals surface area contributed by atoms with E-state index in [2.05, 4.69) is 36.4 Å². The van der Waals surface area contributed by atoms with Crippen molar-refractivity contribution in [3.8, 4) is 0 Å². The number of hydrogen-bond donors (Lipinski definition) is 2. The molecule has 4 heteroatoms. The van der Waals surface area contributed by atoms with Crippen LogP contribution in [-0.2, 0) is 0 Å². The molecule has 0 radical (unpaired) electrons. The van der Waals surface area contributed by atoms with E-state index in [0.29, 0.717) is 5.96 Å². The number of guanidine groups is 1. The molecule has 16 heavy (non-hydrogen) atoms. The Bertz CT molecular complexity index is 343. The summed E-state index contributed by atoms with van der Waals surface area (Å²) in [6, 6.07) is 8.24. The van der Waals surface area contributed by atoms with E-state index in [1.54, 1.807) is 0 Å². The first-order valence-corrected chi connectivity index (χ1v) is 5.50. The van der Waals surface area contributed by atoms with E-state index in [-0.39, 0.29) is 0 Å². The lowest BCUT2D eigenvalue weighted by atomic mass is 10.2.